The van der Waals surface area contributed by atoms with E-state index >= 15 is 0 Å². The van der Waals surface area contributed by atoms with Crippen molar-refractivity contribution in [2.24, 2.45) is 5.73 Å². The van der Waals surface area contributed by atoms with Gasteiger partial charge in [-0.05, 0) is 25.0 Å². The third-order valence-corrected chi connectivity index (χ3v) is 5.45. The molecule has 0 spiro atoms. The van der Waals surface area contributed by atoms with Gasteiger partial charge in [0.1, 0.15) is 12.4 Å². The van der Waals surface area contributed by atoms with Crippen LogP contribution in [0.4, 0.5) is 5.82 Å². The number of piperazine rings is 1. The molecular weight excluding hydrogens is 411 g/mol. The zero-order chi connectivity index (χ0) is 18.6. The molecule has 1 aliphatic heterocycles. The van der Waals surface area contributed by atoms with Crippen molar-refractivity contribution in [3.05, 3.63) is 47.7 Å². The van der Waals surface area contributed by atoms with Gasteiger partial charge in [0.05, 0.1) is 5.69 Å². The number of ether oxygens (including phenoxy) is 1. The first-order valence-corrected chi connectivity index (χ1v) is 9.71. The van der Waals surface area contributed by atoms with E-state index in [4.69, 9.17) is 20.4 Å². The first-order chi connectivity index (χ1) is 13.2. The number of nitrogens with zero attached hydrogens (tertiary/aromatic N) is 5. The van der Waals surface area contributed by atoms with E-state index in [1.54, 1.807) is 7.11 Å². The SMILES string of the molecule is COCc1nc(C2CC(N)C2)cc(N2CCN(Cc3ccccn3)CC2)n1.Cl.Cl. The zero-order valence-electron chi connectivity index (χ0n) is 16.7. The molecule has 7 nitrogen and oxygen atoms in total. The van der Waals surface area contributed by atoms with Crippen LogP contribution in [-0.4, -0.2) is 59.2 Å². The second-order valence-corrected chi connectivity index (χ2v) is 7.51. The number of aromatic nitrogens is 3. The number of hydrogen-bond donors (Lipinski definition) is 1. The molecule has 9 heteroatoms. The van der Waals surface area contributed by atoms with Crippen molar-refractivity contribution in [3.63, 3.8) is 0 Å². The Hall–Kier alpha value is -1.51. The Morgan fingerprint density at radius 1 is 1.10 bits per heavy atom. The molecule has 2 N–H and O–H groups in total. The zero-order valence-corrected chi connectivity index (χ0v) is 18.4. The van der Waals surface area contributed by atoms with Crippen molar-refractivity contribution in [3.8, 4) is 0 Å². The van der Waals surface area contributed by atoms with Crippen molar-refractivity contribution in [1.82, 2.24) is 19.9 Å². The standard InChI is InChI=1S/C20H28N6O.2ClH/c1-27-14-19-23-18(15-10-16(21)11-15)12-20(24-19)26-8-6-25(7-9-26)13-17-4-2-3-5-22-17;;/h2-5,12,15-16H,6-11,13-14,21H2,1H3;2*1H. The molecule has 0 unspecified atom stereocenters. The molecule has 2 aromatic heterocycles. The molecule has 0 amide bonds. The number of methoxy groups -OCH3 is 1. The van der Waals surface area contributed by atoms with Crippen LogP contribution in [-0.2, 0) is 17.9 Å². The first kappa shape index (κ1) is 23.8. The third-order valence-electron chi connectivity index (χ3n) is 5.45. The summed E-state index contributed by atoms with van der Waals surface area (Å²) >= 11 is 0. The Bertz CT molecular complexity index is 752. The highest BCUT2D eigenvalue weighted by Crippen LogP contribution is 2.35. The largest absolute Gasteiger partial charge is 0.377 e. The molecule has 29 heavy (non-hydrogen) atoms. The Balaban J connectivity index is 0.00000150. The number of pyridine rings is 1. The van der Waals surface area contributed by atoms with Crippen LogP contribution in [0.2, 0.25) is 0 Å². The molecule has 4 rings (SSSR count). The van der Waals surface area contributed by atoms with Crippen molar-refractivity contribution in [2.75, 3.05) is 38.2 Å². The van der Waals surface area contributed by atoms with Gasteiger partial charge in [0.2, 0.25) is 0 Å². The number of rotatable bonds is 6. The van der Waals surface area contributed by atoms with E-state index in [1.807, 2.05) is 18.3 Å². The maximum absolute atomic E-state index is 5.97. The molecule has 0 radical (unpaired) electrons. The van der Waals surface area contributed by atoms with E-state index in [1.165, 1.54) is 0 Å². The molecule has 2 aromatic rings. The van der Waals surface area contributed by atoms with Gasteiger partial charge >= 0.3 is 0 Å². The predicted molar refractivity (Wildman–Crippen MR) is 119 cm³/mol. The van der Waals surface area contributed by atoms with E-state index in [2.05, 4.69) is 26.9 Å². The van der Waals surface area contributed by atoms with Crippen molar-refractivity contribution >= 4 is 30.6 Å². The normalized spacial score (nSPS) is 21.7. The van der Waals surface area contributed by atoms with Crippen LogP contribution in [0.5, 0.6) is 0 Å². The lowest BCUT2D eigenvalue weighted by atomic mass is 9.78. The maximum atomic E-state index is 5.97. The minimum atomic E-state index is 0. The Morgan fingerprint density at radius 2 is 1.86 bits per heavy atom. The monoisotopic (exact) mass is 440 g/mol. The lowest BCUT2D eigenvalue weighted by Crippen LogP contribution is -2.46. The quantitative estimate of drug-likeness (QED) is 0.737. The van der Waals surface area contributed by atoms with Crippen LogP contribution in [0, 0.1) is 0 Å². The predicted octanol–water partition coefficient (Wildman–Crippen LogP) is 2.39. The van der Waals surface area contributed by atoms with Gasteiger partial charge in [0, 0.05) is 69.8 Å². The number of nitrogens with two attached hydrogens (primary N) is 1. The van der Waals surface area contributed by atoms with Gasteiger partial charge in [-0.15, -0.1) is 24.8 Å². The Kier molecular flexibility index (Phi) is 9.04. The fourth-order valence-electron chi connectivity index (χ4n) is 3.83. The molecule has 1 saturated heterocycles. The van der Waals surface area contributed by atoms with Crippen molar-refractivity contribution < 1.29 is 4.74 Å². The molecule has 2 aliphatic rings. The van der Waals surface area contributed by atoms with E-state index in [-0.39, 0.29) is 24.8 Å². The molecule has 1 aliphatic carbocycles. The highest BCUT2D eigenvalue weighted by atomic mass is 35.5. The Labute approximate surface area is 184 Å². The maximum Gasteiger partial charge on any atom is 0.156 e. The number of hydrogen-bond acceptors (Lipinski definition) is 7. The minimum absolute atomic E-state index is 0. The molecule has 2 fully saturated rings. The van der Waals surface area contributed by atoms with Gasteiger partial charge < -0.3 is 15.4 Å². The number of halogens is 2. The summed E-state index contributed by atoms with van der Waals surface area (Å²) in [4.78, 5) is 18.7. The Morgan fingerprint density at radius 3 is 2.48 bits per heavy atom. The van der Waals surface area contributed by atoms with Crippen LogP contribution in [0.3, 0.4) is 0 Å². The van der Waals surface area contributed by atoms with Gasteiger partial charge in [0.25, 0.3) is 0 Å². The lowest BCUT2D eigenvalue weighted by Gasteiger charge is -2.36. The minimum Gasteiger partial charge on any atom is -0.377 e. The van der Waals surface area contributed by atoms with Gasteiger partial charge in [-0.2, -0.15) is 0 Å². The molecule has 3 heterocycles. The van der Waals surface area contributed by atoms with Gasteiger partial charge in [-0.25, -0.2) is 9.97 Å². The topological polar surface area (TPSA) is 80.4 Å². The van der Waals surface area contributed by atoms with Gasteiger partial charge in [-0.1, -0.05) is 6.07 Å². The smallest absolute Gasteiger partial charge is 0.156 e. The van der Waals surface area contributed by atoms with E-state index in [0.717, 1.165) is 68.6 Å². The second kappa shape index (κ2) is 11.0. The third kappa shape index (κ3) is 5.99. The first-order valence-electron chi connectivity index (χ1n) is 9.71. The van der Waals surface area contributed by atoms with Crippen molar-refractivity contribution in [1.29, 1.82) is 0 Å². The molecule has 1 saturated carbocycles. The summed E-state index contributed by atoms with van der Waals surface area (Å²) in [6.45, 7) is 5.27. The lowest BCUT2D eigenvalue weighted by molar-refractivity contribution is 0.177. The highest BCUT2D eigenvalue weighted by molar-refractivity contribution is 5.85. The van der Waals surface area contributed by atoms with Gasteiger partial charge in [-0.3, -0.25) is 9.88 Å². The van der Waals surface area contributed by atoms with Crippen LogP contribution >= 0.6 is 24.8 Å². The van der Waals surface area contributed by atoms with E-state index in [0.29, 0.717) is 18.6 Å². The molecule has 0 bridgehead atoms. The molecule has 0 atom stereocenters. The number of anilines is 1. The average molecular weight is 441 g/mol. The summed E-state index contributed by atoms with van der Waals surface area (Å²) in [5.41, 5.74) is 8.21. The van der Waals surface area contributed by atoms with Crippen LogP contribution in [0.25, 0.3) is 0 Å². The fraction of sp³-hybridized carbons (Fsp3) is 0.550. The van der Waals surface area contributed by atoms with Crippen LogP contribution < -0.4 is 10.6 Å². The fourth-order valence-corrected chi connectivity index (χ4v) is 3.83. The summed E-state index contributed by atoms with van der Waals surface area (Å²) in [7, 11) is 1.69. The van der Waals surface area contributed by atoms with E-state index < -0.39 is 0 Å². The molecular formula is C20H30Cl2N6O. The summed E-state index contributed by atoms with van der Waals surface area (Å²) in [5.74, 6) is 2.24. The second-order valence-electron chi connectivity index (χ2n) is 7.51. The summed E-state index contributed by atoms with van der Waals surface area (Å²) in [6, 6.07) is 8.56. The summed E-state index contributed by atoms with van der Waals surface area (Å²) in [6.07, 6.45) is 3.89. The van der Waals surface area contributed by atoms with Crippen molar-refractivity contribution in [2.45, 2.75) is 38.0 Å². The molecule has 160 valence electrons. The summed E-state index contributed by atoms with van der Waals surface area (Å²) < 4.78 is 5.28. The average Bonchev–Trinajstić information content (AvgIpc) is 2.67. The van der Waals surface area contributed by atoms with Crippen LogP contribution in [0.1, 0.15) is 36.0 Å². The molecule has 0 aromatic carbocycles. The highest BCUT2D eigenvalue weighted by Gasteiger charge is 2.30. The van der Waals surface area contributed by atoms with Crippen LogP contribution in [0.15, 0.2) is 30.5 Å². The summed E-state index contributed by atoms with van der Waals surface area (Å²) in [5, 5.41) is 0. The van der Waals surface area contributed by atoms with Gasteiger partial charge in [0.15, 0.2) is 5.82 Å². The van der Waals surface area contributed by atoms with E-state index in [9.17, 15) is 0 Å².